The zero-order valence-corrected chi connectivity index (χ0v) is 17.6. The van der Waals surface area contributed by atoms with Crippen LogP contribution in [0.25, 0.3) is 0 Å². The number of anilines is 1. The first-order valence-corrected chi connectivity index (χ1v) is 11.2. The van der Waals surface area contributed by atoms with Gasteiger partial charge in [0.2, 0.25) is 6.23 Å². The van der Waals surface area contributed by atoms with E-state index in [-0.39, 0.29) is 12.3 Å². The molecule has 5 rings (SSSR count). The van der Waals surface area contributed by atoms with Gasteiger partial charge in [0, 0.05) is 36.3 Å². The summed E-state index contributed by atoms with van der Waals surface area (Å²) in [5.41, 5.74) is 4.75. The normalized spacial score (nSPS) is 19.9. The summed E-state index contributed by atoms with van der Waals surface area (Å²) in [6.07, 6.45) is 0.702. The van der Waals surface area contributed by atoms with E-state index in [1.807, 2.05) is 6.07 Å². The number of ether oxygens (including phenoxy) is 1. The molecule has 0 radical (unpaired) electrons. The molecule has 148 valence electrons. The Bertz CT molecular complexity index is 1010. The molecule has 1 aromatic heterocycles. The van der Waals surface area contributed by atoms with Crippen molar-refractivity contribution >= 4 is 22.7 Å². The summed E-state index contributed by atoms with van der Waals surface area (Å²) < 4.78 is 6.46. The second-order valence-corrected chi connectivity index (χ2v) is 8.34. The Hall–Kier alpha value is -2.79. The number of hydrogen-bond donors (Lipinski definition) is 0. The first-order valence-electron chi connectivity index (χ1n) is 10.3. The van der Waals surface area contributed by atoms with Gasteiger partial charge in [-0.2, -0.15) is 5.10 Å². The van der Waals surface area contributed by atoms with E-state index in [4.69, 9.17) is 9.84 Å². The van der Waals surface area contributed by atoms with Crippen LogP contribution in [0, 0.1) is 0 Å². The molecule has 4 nitrogen and oxygen atoms in total. The lowest BCUT2D eigenvalue weighted by molar-refractivity contribution is -0.0190. The molecule has 5 heteroatoms. The molecule has 0 amide bonds. The molecule has 0 saturated carbocycles. The molecule has 0 N–H and O–H groups in total. The fourth-order valence-electron chi connectivity index (χ4n) is 4.28. The lowest BCUT2D eigenvalue weighted by atomic mass is 9.97. The van der Waals surface area contributed by atoms with Crippen molar-refractivity contribution in [3.8, 4) is 5.75 Å². The van der Waals surface area contributed by atoms with Crippen molar-refractivity contribution in [2.45, 2.75) is 32.5 Å². The standard InChI is InChI=1S/C24H25N3OS/c1-3-26(4-2)18-13-11-17(12-14-18)24-27-21(19-8-5-6-9-22(19)28-24)16-20(25-27)23-10-7-15-29-23/h5-15,21,24H,3-4,16H2,1-2H3/t21-,24-/m0/s1. The van der Waals surface area contributed by atoms with Crippen molar-refractivity contribution in [3.63, 3.8) is 0 Å². The van der Waals surface area contributed by atoms with Crippen LogP contribution in [0.15, 0.2) is 71.1 Å². The largest absolute Gasteiger partial charge is 0.464 e. The maximum atomic E-state index is 6.46. The van der Waals surface area contributed by atoms with Crippen LogP contribution >= 0.6 is 11.3 Å². The second kappa shape index (κ2) is 7.56. The number of hydrazone groups is 1. The highest BCUT2D eigenvalue weighted by molar-refractivity contribution is 7.12. The smallest absolute Gasteiger partial charge is 0.213 e. The van der Waals surface area contributed by atoms with Crippen LogP contribution < -0.4 is 9.64 Å². The minimum absolute atomic E-state index is 0.210. The van der Waals surface area contributed by atoms with E-state index in [0.29, 0.717) is 0 Å². The second-order valence-electron chi connectivity index (χ2n) is 7.40. The minimum Gasteiger partial charge on any atom is -0.464 e. The lowest BCUT2D eigenvalue weighted by Gasteiger charge is -2.38. The van der Waals surface area contributed by atoms with E-state index in [0.717, 1.165) is 36.5 Å². The molecule has 2 atom stereocenters. The average molecular weight is 404 g/mol. The van der Waals surface area contributed by atoms with Crippen molar-refractivity contribution in [1.82, 2.24) is 5.01 Å². The quantitative estimate of drug-likeness (QED) is 0.536. The third-order valence-corrected chi connectivity index (χ3v) is 6.73. The number of benzene rings is 2. The fraction of sp³-hybridized carbons (Fsp3) is 0.292. The van der Waals surface area contributed by atoms with Crippen LogP contribution in [-0.4, -0.2) is 23.8 Å². The molecule has 0 bridgehead atoms. The Labute approximate surface area is 176 Å². The number of thiophene rings is 1. The number of fused-ring (bicyclic) bond motifs is 3. The summed E-state index contributed by atoms with van der Waals surface area (Å²) in [4.78, 5) is 3.60. The number of hydrogen-bond acceptors (Lipinski definition) is 5. The third-order valence-electron chi connectivity index (χ3n) is 5.81. The number of nitrogens with zero attached hydrogens (tertiary/aromatic N) is 3. The van der Waals surface area contributed by atoms with Gasteiger partial charge in [-0.3, -0.25) is 0 Å². The molecule has 29 heavy (non-hydrogen) atoms. The predicted molar refractivity (Wildman–Crippen MR) is 120 cm³/mol. The molecule has 0 aliphatic carbocycles. The molecule has 0 saturated heterocycles. The Morgan fingerprint density at radius 3 is 2.55 bits per heavy atom. The Kier molecular flexibility index (Phi) is 4.76. The van der Waals surface area contributed by atoms with E-state index in [9.17, 15) is 0 Å². The SMILES string of the molecule is CCN(CC)c1ccc([C@@H]2Oc3ccccc3[C@@H]3CC(c4cccs4)=NN32)cc1. The van der Waals surface area contributed by atoms with Crippen molar-refractivity contribution in [2.24, 2.45) is 5.10 Å². The van der Waals surface area contributed by atoms with Crippen LogP contribution in [0.3, 0.4) is 0 Å². The van der Waals surface area contributed by atoms with Crippen molar-refractivity contribution in [1.29, 1.82) is 0 Å². The van der Waals surface area contributed by atoms with Crippen LogP contribution in [-0.2, 0) is 0 Å². The van der Waals surface area contributed by atoms with Crippen molar-refractivity contribution in [3.05, 3.63) is 82.0 Å². The van der Waals surface area contributed by atoms with Gasteiger partial charge in [-0.25, -0.2) is 5.01 Å². The molecule has 2 aliphatic heterocycles. The summed E-state index contributed by atoms with van der Waals surface area (Å²) in [6, 6.07) is 21.6. The summed E-state index contributed by atoms with van der Waals surface area (Å²) in [6.45, 7) is 6.39. The van der Waals surface area contributed by atoms with Gasteiger partial charge in [-0.15, -0.1) is 11.3 Å². The van der Waals surface area contributed by atoms with Gasteiger partial charge in [0.05, 0.1) is 16.6 Å². The zero-order valence-electron chi connectivity index (χ0n) is 16.8. The lowest BCUT2D eigenvalue weighted by Crippen LogP contribution is -2.33. The molecule has 2 aliphatic rings. The Morgan fingerprint density at radius 2 is 1.83 bits per heavy atom. The van der Waals surface area contributed by atoms with Crippen LogP contribution in [0.1, 0.15) is 48.5 Å². The van der Waals surface area contributed by atoms with E-state index in [1.165, 1.54) is 16.1 Å². The van der Waals surface area contributed by atoms with Gasteiger partial charge in [0.25, 0.3) is 0 Å². The minimum atomic E-state index is -0.210. The van der Waals surface area contributed by atoms with Crippen molar-refractivity contribution < 1.29 is 4.74 Å². The highest BCUT2D eigenvalue weighted by Gasteiger charge is 2.40. The molecular formula is C24H25N3OS. The van der Waals surface area contributed by atoms with Crippen LogP contribution in [0.5, 0.6) is 5.75 Å². The summed E-state index contributed by atoms with van der Waals surface area (Å²) in [7, 11) is 0. The summed E-state index contributed by atoms with van der Waals surface area (Å²) >= 11 is 1.75. The maximum Gasteiger partial charge on any atom is 0.213 e. The molecule has 2 aromatic carbocycles. The molecule has 0 fully saturated rings. The number of rotatable bonds is 5. The number of para-hydroxylation sites is 1. The van der Waals surface area contributed by atoms with E-state index >= 15 is 0 Å². The average Bonchev–Trinajstić information content (AvgIpc) is 3.45. The highest BCUT2D eigenvalue weighted by atomic mass is 32.1. The zero-order chi connectivity index (χ0) is 19.8. The van der Waals surface area contributed by atoms with E-state index < -0.39 is 0 Å². The van der Waals surface area contributed by atoms with Crippen LogP contribution in [0.4, 0.5) is 5.69 Å². The molecule has 3 aromatic rings. The van der Waals surface area contributed by atoms with Crippen LogP contribution in [0.2, 0.25) is 0 Å². The topological polar surface area (TPSA) is 28.1 Å². The maximum absolute atomic E-state index is 6.46. The van der Waals surface area contributed by atoms with Crippen molar-refractivity contribution in [2.75, 3.05) is 18.0 Å². The predicted octanol–water partition coefficient (Wildman–Crippen LogP) is 5.84. The summed E-state index contributed by atoms with van der Waals surface area (Å²) in [5, 5.41) is 9.29. The van der Waals surface area contributed by atoms with E-state index in [2.05, 4.69) is 83.7 Å². The molecular weight excluding hydrogens is 378 g/mol. The fourth-order valence-corrected chi connectivity index (χ4v) is 5.01. The van der Waals surface area contributed by atoms with Gasteiger partial charge >= 0.3 is 0 Å². The first kappa shape index (κ1) is 18.3. The van der Waals surface area contributed by atoms with Gasteiger partial charge in [0.1, 0.15) is 5.75 Å². The van der Waals surface area contributed by atoms with Gasteiger partial charge in [0.15, 0.2) is 0 Å². The van der Waals surface area contributed by atoms with Gasteiger partial charge < -0.3 is 9.64 Å². The van der Waals surface area contributed by atoms with Gasteiger partial charge in [-0.1, -0.05) is 36.4 Å². The Morgan fingerprint density at radius 1 is 1.03 bits per heavy atom. The molecule has 0 unspecified atom stereocenters. The highest BCUT2D eigenvalue weighted by Crippen LogP contribution is 2.47. The Balaban J connectivity index is 1.52. The first-order chi connectivity index (χ1) is 14.3. The monoisotopic (exact) mass is 403 g/mol. The molecule has 0 spiro atoms. The third kappa shape index (κ3) is 3.19. The van der Waals surface area contributed by atoms with Gasteiger partial charge in [-0.05, 0) is 43.5 Å². The van der Waals surface area contributed by atoms with E-state index in [1.54, 1.807) is 11.3 Å². The molecule has 3 heterocycles. The summed E-state index contributed by atoms with van der Waals surface area (Å²) in [5.74, 6) is 0.967.